The predicted octanol–water partition coefficient (Wildman–Crippen LogP) is 3.94. The molecule has 2 aromatic rings. The minimum absolute atomic E-state index is 0.197. The maximum atomic E-state index is 13.5. The lowest BCUT2D eigenvalue weighted by Crippen LogP contribution is -2.57. The minimum atomic E-state index is -0.905. The van der Waals surface area contributed by atoms with Crippen LogP contribution in [0.1, 0.15) is 53.4 Å². The molecule has 2 heterocycles. The molecule has 1 aliphatic rings. The van der Waals surface area contributed by atoms with Crippen LogP contribution < -0.4 is 16.4 Å². The van der Waals surface area contributed by atoms with Gasteiger partial charge in [0.15, 0.2) is 0 Å². The highest BCUT2D eigenvalue weighted by Gasteiger charge is 2.38. The van der Waals surface area contributed by atoms with Crippen LogP contribution in [0.5, 0.6) is 0 Å². The number of carbonyl (C=O) groups is 1. The molecule has 1 fully saturated rings. The molecule has 0 aliphatic carbocycles. The van der Waals surface area contributed by atoms with Gasteiger partial charge in [-0.1, -0.05) is 39.3 Å². The van der Waals surface area contributed by atoms with Crippen molar-refractivity contribution >= 4 is 34.3 Å². The van der Waals surface area contributed by atoms with Crippen LogP contribution >= 0.6 is 11.6 Å². The van der Waals surface area contributed by atoms with Crippen molar-refractivity contribution in [3.63, 3.8) is 0 Å². The first-order valence-electron chi connectivity index (χ1n) is 11.4. The molecule has 0 saturated carbocycles. The third kappa shape index (κ3) is 6.46. The largest absolute Gasteiger partial charge is 0.441 e. The SMILES string of the molecule is CCCN1CCC(C#N)(NC(=O)[C@H](CC(C)(C)C)Nc2nc(=O)oc3cc(Cl)ccc23)CC1. The zero-order valence-electron chi connectivity index (χ0n) is 19.7. The Morgan fingerprint density at radius 3 is 2.67 bits per heavy atom. The van der Waals surface area contributed by atoms with Gasteiger partial charge in [0.1, 0.15) is 23.0 Å². The van der Waals surface area contributed by atoms with Crippen molar-refractivity contribution in [2.24, 2.45) is 5.41 Å². The van der Waals surface area contributed by atoms with Gasteiger partial charge in [0.25, 0.3) is 0 Å². The highest BCUT2D eigenvalue weighted by atomic mass is 35.5. The van der Waals surface area contributed by atoms with E-state index in [-0.39, 0.29) is 22.7 Å². The van der Waals surface area contributed by atoms with Gasteiger partial charge >= 0.3 is 5.76 Å². The van der Waals surface area contributed by atoms with Crippen molar-refractivity contribution in [2.75, 3.05) is 25.0 Å². The number of nitriles is 1. The van der Waals surface area contributed by atoms with Gasteiger partial charge in [-0.25, -0.2) is 4.79 Å². The van der Waals surface area contributed by atoms with E-state index in [0.717, 1.165) is 26.1 Å². The summed E-state index contributed by atoms with van der Waals surface area (Å²) in [5.74, 6) is -0.808. The second-order valence-corrected chi connectivity index (χ2v) is 10.4. The molecule has 178 valence electrons. The second kappa shape index (κ2) is 10.1. The average molecular weight is 474 g/mol. The molecule has 8 nitrogen and oxygen atoms in total. The molecule has 1 saturated heterocycles. The zero-order valence-corrected chi connectivity index (χ0v) is 20.5. The molecule has 33 heavy (non-hydrogen) atoms. The smallest absolute Gasteiger partial charge is 0.408 e. The van der Waals surface area contributed by atoms with Crippen LogP contribution in [0.15, 0.2) is 27.4 Å². The number of benzene rings is 1. The number of rotatable bonds is 7. The van der Waals surface area contributed by atoms with Crippen LogP contribution in [-0.2, 0) is 4.79 Å². The van der Waals surface area contributed by atoms with Crippen LogP contribution in [0, 0.1) is 16.7 Å². The van der Waals surface area contributed by atoms with E-state index in [1.54, 1.807) is 18.2 Å². The number of carbonyl (C=O) groups excluding carboxylic acids is 1. The lowest BCUT2D eigenvalue weighted by atomic mass is 9.85. The number of anilines is 1. The van der Waals surface area contributed by atoms with E-state index < -0.39 is 17.3 Å². The lowest BCUT2D eigenvalue weighted by Gasteiger charge is -2.39. The van der Waals surface area contributed by atoms with Crippen LogP contribution in [0.2, 0.25) is 5.02 Å². The summed E-state index contributed by atoms with van der Waals surface area (Å²) in [6.07, 6.45) is 2.68. The summed E-state index contributed by atoms with van der Waals surface area (Å²) >= 11 is 6.04. The number of fused-ring (bicyclic) bond motifs is 1. The van der Waals surface area contributed by atoms with E-state index >= 15 is 0 Å². The topological polar surface area (TPSA) is 111 Å². The number of hydrogen-bond acceptors (Lipinski definition) is 7. The molecule has 0 spiro atoms. The van der Waals surface area contributed by atoms with Gasteiger partial charge in [0, 0.05) is 24.2 Å². The number of halogens is 1. The van der Waals surface area contributed by atoms with Crippen LogP contribution in [0.3, 0.4) is 0 Å². The van der Waals surface area contributed by atoms with E-state index in [0.29, 0.717) is 29.7 Å². The van der Waals surface area contributed by atoms with Crippen molar-refractivity contribution in [1.82, 2.24) is 15.2 Å². The first-order chi connectivity index (χ1) is 15.5. The van der Waals surface area contributed by atoms with Gasteiger partial charge in [-0.15, -0.1) is 0 Å². The molecule has 0 bridgehead atoms. The summed E-state index contributed by atoms with van der Waals surface area (Å²) < 4.78 is 5.17. The van der Waals surface area contributed by atoms with E-state index in [1.165, 1.54) is 0 Å². The Kier molecular flexibility index (Phi) is 7.65. The molecule has 2 N–H and O–H groups in total. The fourth-order valence-electron chi connectivity index (χ4n) is 4.20. The maximum Gasteiger partial charge on any atom is 0.441 e. The summed E-state index contributed by atoms with van der Waals surface area (Å²) in [4.78, 5) is 31.8. The molecule has 1 aromatic heterocycles. The van der Waals surface area contributed by atoms with Crippen LogP contribution in [0.4, 0.5) is 5.82 Å². The summed E-state index contributed by atoms with van der Waals surface area (Å²) in [5, 5.41) is 17.1. The van der Waals surface area contributed by atoms with Crippen molar-refractivity contribution < 1.29 is 9.21 Å². The third-order valence-electron chi connectivity index (χ3n) is 5.87. The van der Waals surface area contributed by atoms with Gasteiger partial charge in [-0.3, -0.25) is 4.79 Å². The maximum absolute atomic E-state index is 13.5. The number of hydrogen-bond donors (Lipinski definition) is 2. The molecule has 1 amide bonds. The summed E-state index contributed by atoms with van der Waals surface area (Å²) in [7, 11) is 0. The Morgan fingerprint density at radius 1 is 1.36 bits per heavy atom. The minimum Gasteiger partial charge on any atom is -0.408 e. The molecule has 3 rings (SSSR count). The van der Waals surface area contributed by atoms with E-state index in [1.807, 2.05) is 20.8 Å². The monoisotopic (exact) mass is 473 g/mol. The van der Waals surface area contributed by atoms with Gasteiger partial charge in [-0.2, -0.15) is 10.2 Å². The van der Waals surface area contributed by atoms with Crippen molar-refractivity contribution in [3.05, 3.63) is 33.8 Å². The third-order valence-corrected chi connectivity index (χ3v) is 6.10. The Hall–Kier alpha value is -2.63. The number of amides is 1. The van der Waals surface area contributed by atoms with Crippen LogP contribution in [0.25, 0.3) is 11.0 Å². The number of aromatic nitrogens is 1. The molecule has 9 heteroatoms. The molecule has 0 radical (unpaired) electrons. The number of likely N-dealkylation sites (tertiary alicyclic amines) is 1. The predicted molar refractivity (Wildman–Crippen MR) is 129 cm³/mol. The van der Waals surface area contributed by atoms with Crippen molar-refractivity contribution in [1.29, 1.82) is 5.26 Å². The number of nitrogens with one attached hydrogen (secondary N) is 2. The summed E-state index contributed by atoms with van der Waals surface area (Å²) in [5.41, 5.74) is -0.813. The Balaban J connectivity index is 1.86. The quantitative estimate of drug-likeness (QED) is 0.626. The molecule has 1 atom stereocenters. The van der Waals surface area contributed by atoms with Crippen LogP contribution in [-0.4, -0.2) is 47.0 Å². The molecule has 0 unspecified atom stereocenters. The molecular weight excluding hydrogens is 442 g/mol. The standard InChI is InChI=1S/C24H32ClN5O3/c1-5-10-30-11-8-24(15-26,9-12-30)29-21(31)18(14-23(2,3)4)27-20-17-7-6-16(25)13-19(17)33-22(32)28-20/h6-7,13,18H,5,8-12,14H2,1-4H3,(H,29,31)(H,27,28,32)/t18-/m0/s1. The van der Waals surface area contributed by atoms with Gasteiger partial charge in [0.2, 0.25) is 5.91 Å². The van der Waals surface area contributed by atoms with Gasteiger partial charge < -0.3 is 20.0 Å². The number of piperidine rings is 1. The van der Waals surface area contributed by atoms with Gasteiger partial charge in [-0.05, 0) is 49.8 Å². The molecule has 1 aliphatic heterocycles. The summed E-state index contributed by atoms with van der Waals surface area (Å²) in [6.45, 7) is 10.8. The number of nitrogens with zero attached hydrogens (tertiary/aromatic N) is 3. The lowest BCUT2D eigenvalue weighted by molar-refractivity contribution is -0.124. The fourth-order valence-corrected chi connectivity index (χ4v) is 4.37. The fraction of sp³-hybridized carbons (Fsp3) is 0.583. The van der Waals surface area contributed by atoms with E-state index in [2.05, 4.69) is 33.5 Å². The normalized spacial score (nSPS) is 17.3. The molecule has 1 aromatic carbocycles. The Bertz CT molecular complexity index is 1090. The Labute approximate surface area is 199 Å². The highest BCUT2D eigenvalue weighted by molar-refractivity contribution is 6.31. The first-order valence-corrected chi connectivity index (χ1v) is 11.7. The van der Waals surface area contributed by atoms with E-state index in [4.69, 9.17) is 16.0 Å². The average Bonchev–Trinajstić information content (AvgIpc) is 2.73. The second-order valence-electron chi connectivity index (χ2n) is 9.96. The van der Waals surface area contributed by atoms with Crippen molar-refractivity contribution in [3.8, 4) is 6.07 Å². The molecular formula is C24H32ClN5O3. The Morgan fingerprint density at radius 2 is 2.06 bits per heavy atom. The highest BCUT2D eigenvalue weighted by Crippen LogP contribution is 2.28. The zero-order chi connectivity index (χ0) is 24.2. The van der Waals surface area contributed by atoms with Gasteiger partial charge in [0.05, 0.1) is 11.5 Å². The van der Waals surface area contributed by atoms with Crippen molar-refractivity contribution in [2.45, 2.75) is 65.0 Å². The first kappa shape index (κ1) is 25.0. The summed E-state index contributed by atoms with van der Waals surface area (Å²) in [6, 6.07) is 6.57. The van der Waals surface area contributed by atoms with E-state index in [9.17, 15) is 14.9 Å².